The molecule has 134 valence electrons. The summed E-state index contributed by atoms with van der Waals surface area (Å²) in [5.74, 6) is 0.712. The molecule has 1 saturated carbocycles. The summed E-state index contributed by atoms with van der Waals surface area (Å²) in [6.07, 6.45) is 2.23. The smallest absolute Gasteiger partial charge is 0.242 e. The zero-order valence-electron chi connectivity index (χ0n) is 14.2. The minimum Gasteiger partial charge on any atom is -0.355 e. The topological polar surface area (TPSA) is 88.9 Å². The fourth-order valence-corrected chi connectivity index (χ4v) is 3.94. The lowest BCUT2D eigenvalue weighted by Gasteiger charge is -2.13. The van der Waals surface area contributed by atoms with Crippen LogP contribution in [0.15, 0.2) is 22.7 Å². The van der Waals surface area contributed by atoms with Crippen molar-refractivity contribution in [1.82, 2.24) is 25.4 Å². The van der Waals surface area contributed by atoms with Crippen LogP contribution in [0.2, 0.25) is 0 Å². The molecule has 0 aliphatic heterocycles. The third kappa shape index (κ3) is 4.40. The van der Waals surface area contributed by atoms with Crippen LogP contribution in [0.5, 0.6) is 0 Å². The van der Waals surface area contributed by atoms with Crippen molar-refractivity contribution >= 4 is 34.9 Å². The molecule has 2 amide bonds. The Balaban J connectivity index is 1.62. The molecule has 0 saturated heterocycles. The molecule has 1 atom stereocenters. The number of nitrogens with one attached hydrogen (secondary N) is 2. The maximum Gasteiger partial charge on any atom is 0.242 e. The molecule has 1 fully saturated rings. The van der Waals surface area contributed by atoms with Crippen molar-refractivity contribution in [2.45, 2.75) is 43.9 Å². The van der Waals surface area contributed by atoms with E-state index in [1.54, 1.807) is 18.3 Å². The highest BCUT2D eigenvalue weighted by Gasteiger charge is 2.30. The minimum atomic E-state index is -0.545. The van der Waals surface area contributed by atoms with Crippen molar-refractivity contribution in [1.29, 1.82) is 0 Å². The predicted molar refractivity (Wildman–Crippen MR) is 98.6 cm³/mol. The summed E-state index contributed by atoms with van der Waals surface area (Å²) in [6, 6.07) is 3.90. The summed E-state index contributed by atoms with van der Waals surface area (Å²) in [5, 5.41) is 16.8. The van der Waals surface area contributed by atoms with Crippen molar-refractivity contribution < 1.29 is 9.59 Å². The van der Waals surface area contributed by atoms with Crippen LogP contribution < -0.4 is 10.6 Å². The standard InChI is InChI=1S/C16H21N5O2S2/c1-3-17-15(23)10(2)18-13(22)9-25-16-20-19-14(12-5-4-8-24-12)21(16)11-6-7-11/h4-5,8,10-11H,3,6-7,9H2,1-2H3,(H,17,23)(H,18,22)/t10-/m1/s1. The van der Waals surface area contributed by atoms with Gasteiger partial charge in [-0.3, -0.25) is 14.2 Å². The third-order valence-electron chi connectivity index (χ3n) is 3.77. The van der Waals surface area contributed by atoms with Gasteiger partial charge in [0, 0.05) is 12.6 Å². The highest BCUT2D eigenvalue weighted by atomic mass is 32.2. The molecule has 2 N–H and O–H groups in total. The number of aromatic nitrogens is 3. The van der Waals surface area contributed by atoms with Gasteiger partial charge in [0.25, 0.3) is 0 Å². The lowest BCUT2D eigenvalue weighted by atomic mass is 10.3. The highest BCUT2D eigenvalue weighted by molar-refractivity contribution is 7.99. The van der Waals surface area contributed by atoms with Gasteiger partial charge in [-0.25, -0.2) is 0 Å². The first-order valence-corrected chi connectivity index (χ1v) is 10.1. The number of carbonyl (C=O) groups excluding carboxylic acids is 2. The van der Waals surface area contributed by atoms with E-state index < -0.39 is 6.04 Å². The van der Waals surface area contributed by atoms with Crippen molar-refractivity contribution in [3.8, 4) is 10.7 Å². The fourth-order valence-electron chi connectivity index (χ4n) is 2.42. The van der Waals surface area contributed by atoms with Crippen molar-refractivity contribution in [2.24, 2.45) is 0 Å². The molecule has 3 rings (SSSR count). The summed E-state index contributed by atoms with van der Waals surface area (Å²) in [5.41, 5.74) is 0. The number of nitrogens with zero attached hydrogens (tertiary/aromatic N) is 3. The molecule has 2 aromatic rings. The number of thioether (sulfide) groups is 1. The molecule has 0 bridgehead atoms. The van der Waals surface area contributed by atoms with Gasteiger partial charge >= 0.3 is 0 Å². The Morgan fingerprint density at radius 1 is 1.44 bits per heavy atom. The average molecular weight is 380 g/mol. The Morgan fingerprint density at radius 2 is 2.24 bits per heavy atom. The van der Waals surface area contributed by atoms with Gasteiger partial charge < -0.3 is 10.6 Å². The van der Waals surface area contributed by atoms with Crippen molar-refractivity contribution in [3.63, 3.8) is 0 Å². The molecule has 0 aromatic carbocycles. The highest BCUT2D eigenvalue weighted by Crippen LogP contribution is 2.41. The largest absolute Gasteiger partial charge is 0.355 e. The van der Waals surface area contributed by atoms with Crippen LogP contribution in [-0.4, -0.2) is 44.9 Å². The van der Waals surface area contributed by atoms with E-state index in [1.165, 1.54) is 11.8 Å². The van der Waals surface area contributed by atoms with Gasteiger partial charge in [-0.05, 0) is 38.1 Å². The summed E-state index contributed by atoms with van der Waals surface area (Å²) in [7, 11) is 0. The van der Waals surface area contributed by atoms with Crippen LogP contribution in [0.1, 0.15) is 32.7 Å². The molecule has 25 heavy (non-hydrogen) atoms. The van der Waals surface area contributed by atoms with Gasteiger partial charge in [-0.2, -0.15) is 0 Å². The van der Waals surface area contributed by atoms with Gasteiger partial charge in [0.15, 0.2) is 11.0 Å². The Labute approximate surface area is 154 Å². The molecular weight excluding hydrogens is 358 g/mol. The van der Waals surface area contributed by atoms with E-state index in [-0.39, 0.29) is 17.6 Å². The SMILES string of the molecule is CCNC(=O)[C@@H](C)NC(=O)CSc1nnc(-c2cccs2)n1C1CC1. The summed E-state index contributed by atoms with van der Waals surface area (Å²) in [4.78, 5) is 24.9. The van der Waals surface area contributed by atoms with Gasteiger partial charge in [0.2, 0.25) is 11.8 Å². The number of rotatable bonds is 8. The molecule has 1 aliphatic rings. The van der Waals surface area contributed by atoms with Crippen LogP contribution in [-0.2, 0) is 9.59 Å². The molecule has 0 unspecified atom stereocenters. The average Bonchev–Trinajstić information content (AvgIpc) is 3.11. The van der Waals surface area contributed by atoms with Crippen molar-refractivity contribution in [3.05, 3.63) is 17.5 Å². The first-order valence-electron chi connectivity index (χ1n) is 8.28. The quantitative estimate of drug-likeness (QED) is 0.686. The van der Waals surface area contributed by atoms with Gasteiger partial charge in [0.05, 0.1) is 10.6 Å². The molecule has 1 aliphatic carbocycles. The molecule has 2 aromatic heterocycles. The Morgan fingerprint density at radius 3 is 2.88 bits per heavy atom. The number of hydrogen-bond donors (Lipinski definition) is 2. The van der Waals surface area contributed by atoms with E-state index in [0.29, 0.717) is 12.6 Å². The number of amides is 2. The third-order valence-corrected chi connectivity index (χ3v) is 5.58. The van der Waals surface area contributed by atoms with E-state index in [9.17, 15) is 9.59 Å². The Hall–Kier alpha value is -1.87. The van der Waals surface area contributed by atoms with Gasteiger partial charge in [0.1, 0.15) is 6.04 Å². The zero-order valence-corrected chi connectivity index (χ0v) is 15.8. The molecular formula is C16H21N5O2S2. The molecule has 7 nitrogen and oxygen atoms in total. The Bertz CT molecular complexity index is 740. The molecule has 2 heterocycles. The second-order valence-electron chi connectivity index (χ2n) is 5.86. The number of thiophene rings is 1. The maximum absolute atomic E-state index is 12.1. The van der Waals surface area contributed by atoms with E-state index >= 15 is 0 Å². The summed E-state index contributed by atoms with van der Waals surface area (Å²) < 4.78 is 2.14. The number of carbonyl (C=O) groups is 2. The molecule has 9 heteroatoms. The van der Waals surface area contributed by atoms with Crippen LogP contribution in [0.4, 0.5) is 0 Å². The normalized spacial score (nSPS) is 15.0. The van der Waals surface area contributed by atoms with Crippen LogP contribution in [0.3, 0.4) is 0 Å². The zero-order chi connectivity index (χ0) is 17.8. The van der Waals surface area contributed by atoms with E-state index in [4.69, 9.17) is 0 Å². The molecule has 0 spiro atoms. The van der Waals surface area contributed by atoms with Gasteiger partial charge in [-0.1, -0.05) is 17.8 Å². The van der Waals surface area contributed by atoms with E-state index in [0.717, 1.165) is 28.7 Å². The first-order chi connectivity index (χ1) is 12.1. The lowest BCUT2D eigenvalue weighted by Crippen LogP contribution is -2.45. The predicted octanol–water partition coefficient (Wildman–Crippen LogP) is 2.07. The van der Waals surface area contributed by atoms with Crippen molar-refractivity contribution in [2.75, 3.05) is 12.3 Å². The summed E-state index contributed by atoms with van der Waals surface area (Å²) >= 11 is 2.99. The first kappa shape index (κ1) is 17.9. The second kappa shape index (κ2) is 8.01. The lowest BCUT2D eigenvalue weighted by molar-refractivity contribution is -0.127. The van der Waals surface area contributed by atoms with Gasteiger partial charge in [-0.15, -0.1) is 21.5 Å². The number of hydrogen-bond acceptors (Lipinski definition) is 6. The van der Waals surface area contributed by atoms with E-state index in [1.807, 2.05) is 24.4 Å². The summed E-state index contributed by atoms with van der Waals surface area (Å²) in [6.45, 7) is 4.07. The monoisotopic (exact) mass is 379 g/mol. The molecule has 0 radical (unpaired) electrons. The maximum atomic E-state index is 12.1. The minimum absolute atomic E-state index is 0.179. The fraction of sp³-hybridized carbons (Fsp3) is 0.500. The Kier molecular flexibility index (Phi) is 5.74. The van der Waals surface area contributed by atoms with Crippen LogP contribution in [0.25, 0.3) is 10.7 Å². The second-order valence-corrected chi connectivity index (χ2v) is 7.75. The van der Waals surface area contributed by atoms with E-state index in [2.05, 4.69) is 25.4 Å². The van der Waals surface area contributed by atoms with Crippen LogP contribution >= 0.6 is 23.1 Å². The number of likely N-dealkylation sites (N-methyl/N-ethyl adjacent to an activating group) is 1. The van der Waals surface area contributed by atoms with Crippen LogP contribution in [0, 0.1) is 0 Å².